The summed E-state index contributed by atoms with van der Waals surface area (Å²) >= 11 is 6.59. The van der Waals surface area contributed by atoms with E-state index < -0.39 is 0 Å². The van der Waals surface area contributed by atoms with Crippen molar-refractivity contribution in [3.05, 3.63) is 157 Å². The molecule has 0 N–H and O–H groups in total. The molecule has 0 saturated heterocycles. The fourth-order valence-electron chi connectivity index (χ4n) is 6.36. The zero-order chi connectivity index (χ0) is 35.0. The molecule has 0 radical (unpaired) electrons. The second kappa shape index (κ2) is 13.3. The Morgan fingerprint density at radius 2 is 1.10 bits per heavy atom. The van der Waals surface area contributed by atoms with E-state index in [1.165, 1.54) is 0 Å². The maximum Gasteiger partial charge on any atom is 0.164 e. The fourth-order valence-corrected chi connectivity index (χ4v) is 7.78. The van der Waals surface area contributed by atoms with Crippen LogP contribution in [0.4, 0.5) is 0 Å². The smallest absolute Gasteiger partial charge is 0.164 e. The van der Waals surface area contributed by atoms with Crippen molar-refractivity contribution < 1.29 is 0 Å². The number of rotatable bonds is 6. The van der Waals surface area contributed by atoms with Gasteiger partial charge < -0.3 is 0 Å². The third kappa shape index (κ3) is 5.78. The predicted molar refractivity (Wildman–Crippen MR) is 213 cm³/mol. The lowest BCUT2D eigenvalue weighted by Gasteiger charge is -2.12. The number of fused-ring (bicyclic) bond motifs is 3. The van der Waals surface area contributed by atoms with Gasteiger partial charge in [-0.25, -0.2) is 24.9 Å². The van der Waals surface area contributed by atoms with Gasteiger partial charge in [-0.3, -0.25) is 0 Å². The average molecular weight is 703 g/mol. The van der Waals surface area contributed by atoms with E-state index in [-0.39, 0.29) is 0 Å². The fraction of sp³-hybridized carbons (Fsp3) is 0. The highest BCUT2D eigenvalue weighted by molar-refractivity contribution is 7.80. The highest BCUT2D eigenvalue weighted by atomic mass is 32.1. The molecule has 244 valence electrons. The van der Waals surface area contributed by atoms with E-state index in [1.807, 2.05) is 109 Å². The van der Waals surface area contributed by atoms with Crippen molar-refractivity contribution in [2.45, 2.75) is 4.90 Å². The standard InChI is InChI=1S/C44H26N6S2/c45-26-32-16-7-8-19-33(32)44-46-38(40-39(47-44)34-20-9-10-21-37(34)52-40)30-18-11-17-29(24-30)35-25-31(22-23-36(35)51)43-49-41(27-12-3-1-4-13-27)48-42(50-43)28-14-5-2-6-15-28/h1-25,51H. The highest BCUT2D eigenvalue weighted by Gasteiger charge is 2.19. The molecule has 0 amide bonds. The van der Waals surface area contributed by atoms with Gasteiger partial charge in [0.05, 0.1) is 27.5 Å². The normalized spacial score (nSPS) is 11.2. The topological polar surface area (TPSA) is 88.2 Å². The predicted octanol–water partition coefficient (Wildman–Crippen LogP) is 11.2. The van der Waals surface area contributed by atoms with Gasteiger partial charge in [0.1, 0.15) is 0 Å². The number of hydrogen-bond donors (Lipinski definition) is 1. The van der Waals surface area contributed by atoms with Crippen LogP contribution < -0.4 is 0 Å². The van der Waals surface area contributed by atoms with Gasteiger partial charge in [0.15, 0.2) is 23.3 Å². The first-order chi connectivity index (χ1) is 25.6. The quantitative estimate of drug-likeness (QED) is 0.174. The first-order valence-electron chi connectivity index (χ1n) is 16.6. The molecule has 0 atom stereocenters. The minimum absolute atomic E-state index is 0.517. The number of nitriles is 1. The van der Waals surface area contributed by atoms with E-state index in [9.17, 15) is 5.26 Å². The minimum Gasteiger partial charge on any atom is -0.226 e. The minimum atomic E-state index is 0.517. The summed E-state index contributed by atoms with van der Waals surface area (Å²) in [4.78, 5) is 25.8. The third-order valence-electron chi connectivity index (χ3n) is 8.91. The van der Waals surface area contributed by atoms with E-state index in [1.54, 1.807) is 17.4 Å². The first-order valence-corrected chi connectivity index (χ1v) is 17.9. The molecule has 3 aromatic heterocycles. The molecule has 0 aliphatic rings. The van der Waals surface area contributed by atoms with Crippen molar-refractivity contribution in [3.63, 3.8) is 0 Å². The summed E-state index contributed by atoms with van der Waals surface area (Å²) in [6.07, 6.45) is 0. The molecule has 8 heteroatoms. The van der Waals surface area contributed by atoms with Crippen LogP contribution in [-0.2, 0) is 0 Å². The number of thiol groups is 1. The molecule has 0 bridgehead atoms. The monoisotopic (exact) mass is 702 g/mol. The molecule has 6 nitrogen and oxygen atoms in total. The third-order valence-corrected chi connectivity index (χ3v) is 10.5. The van der Waals surface area contributed by atoms with Crippen LogP contribution in [0, 0.1) is 11.3 Å². The summed E-state index contributed by atoms with van der Waals surface area (Å²) in [5, 5.41) is 11.0. The average Bonchev–Trinajstić information content (AvgIpc) is 3.60. The van der Waals surface area contributed by atoms with Crippen LogP contribution >= 0.6 is 24.0 Å². The van der Waals surface area contributed by atoms with Crippen molar-refractivity contribution in [2.75, 3.05) is 0 Å². The van der Waals surface area contributed by atoms with Crippen LogP contribution in [0.5, 0.6) is 0 Å². The second-order valence-corrected chi connectivity index (χ2v) is 13.7. The summed E-state index contributed by atoms with van der Waals surface area (Å²) in [7, 11) is 0. The Hall–Kier alpha value is -6.53. The maximum absolute atomic E-state index is 9.93. The number of nitrogens with zero attached hydrogens (tertiary/aromatic N) is 6. The zero-order valence-corrected chi connectivity index (χ0v) is 29.2. The van der Waals surface area contributed by atoms with Crippen LogP contribution in [0.2, 0.25) is 0 Å². The van der Waals surface area contributed by atoms with Gasteiger partial charge in [-0.1, -0.05) is 115 Å². The summed E-state index contributed by atoms with van der Waals surface area (Å²) in [6, 6.07) is 52.4. The zero-order valence-electron chi connectivity index (χ0n) is 27.5. The molecule has 0 fully saturated rings. The van der Waals surface area contributed by atoms with E-state index in [4.69, 9.17) is 37.5 Å². The van der Waals surface area contributed by atoms with Gasteiger partial charge in [-0.15, -0.1) is 24.0 Å². The van der Waals surface area contributed by atoms with E-state index in [0.29, 0.717) is 34.4 Å². The Morgan fingerprint density at radius 3 is 1.83 bits per heavy atom. The van der Waals surface area contributed by atoms with Crippen LogP contribution in [0.3, 0.4) is 0 Å². The molecular weight excluding hydrogens is 677 g/mol. The molecule has 0 saturated carbocycles. The largest absolute Gasteiger partial charge is 0.226 e. The molecular formula is C44H26N6S2. The summed E-state index contributed by atoms with van der Waals surface area (Å²) in [5.41, 5.74) is 8.42. The lowest BCUT2D eigenvalue weighted by molar-refractivity contribution is 1.07. The van der Waals surface area contributed by atoms with Crippen LogP contribution in [0.1, 0.15) is 5.56 Å². The summed E-state index contributed by atoms with van der Waals surface area (Å²) < 4.78 is 2.12. The van der Waals surface area contributed by atoms with Gasteiger partial charge in [0.2, 0.25) is 0 Å². The van der Waals surface area contributed by atoms with Crippen molar-refractivity contribution in [1.82, 2.24) is 24.9 Å². The van der Waals surface area contributed by atoms with Crippen molar-refractivity contribution >= 4 is 44.3 Å². The molecule has 9 rings (SSSR count). The summed E-state index contributed by atoms with van der Waals surface area (Å²) in [6.45, 7) is 0. The van der Waals surface area contributed by atoms with E-state index in [0.717, 1.165) is 64.3 Å². The number of benzene rings is 6. The Bertz CT molecular complexity index is 2770. The summed E-state index contributed by atoms with van der Waals surface area (Å²) in [5.74, 6) is 2.30. The molecule has 0 unspecified atom stereocenters. The van der Waals surface area contributed by atoms with Crippen molar-refractivity contribution in [3.8, 4) is 74.0 Å². The highest BCUT2D eigenvalue weighted by Crippen LogP contribution is 2.41. The molecule has 3 heterocycles. The number of hydrogen-bond acceptors (Lipinski definition) is 8. The van der Waals surface area contributed by atoms with Crippen LogP contribution in [-0.4, -0.2) is 24.9 Å². The molecule has 6 aromatic carbocycles. The molecule has 0 aliphatic carbocycles. The van der Waals surface area contributed by atoms with Gasteiger partial charge in [0.25, 0.3) is 0 Å². The SMILES string of the molecule is N#Cc1ccccc1-c1nc(-c2cccc(-c3cc(-c4nc(-c5ccccc5)nc(-c5ccccc5)n4)ccc3S)c2)c2sc3ccccc3c2n1. The van der Waals surface area contributed by atoms with Gasteiger partial charge in [-0.2, -0.15) is 5.26 Å². The molecule has 52 heavy (non-hydrogen) atoms. The second-order valence-electron chi connectivity index (χ2n) is 12.2. The Morgan fingerprint density at radius 1 is 0.481 bits per heavy atom. The van der Waals surface area contributed by atoms with Gasteiger partial charge in [0, 0.05) is 42.8 Å². The van der Waals surface area contributed by atoms with E-state index in [2.05, 4.69) is 42.5 Å². The molecule has 0 spiro atoms. The number of thiophene rings is 1. The Labute approximate surface area is 309 Å². The van der Waals surface area contributed by atoms with Crippen LogP contribution in [0.15, 0.2) is 157 Å². The van der Waals surface area contributed by atoms with Crippen molar-refractivity contribution in [1.29, 1.82) is 5.26 Å². The lowest BCUT2D eigenvalue weighted by atomic mass is 9.99. The first kappa shape index (κ1) is 31.5. The van der Waals surface area contributed by atoms with Gasteiger partial charge in [-0.05, 0) is 47.5 Å². The number of aromatic nitrogens is 5. The maximum atomic E-state index is 9.93. The Balaban J connectivity index is 1.20. The molecule has 0 aliphatic heterocycles. The van der Waals surface area contributed by atoms with Gasteiger partial charge >= 0.3 is 0 Å². The molecule has 9 aromatic rings. The van der Waals surface area contributed by atoms with Crippen LogP contribution in [0.25, 0.3) is 88.2 Å². The van der Waals surface area contributed by atoms with Crippen molar-refractivity contribution in [2.24, 2.45) is 0 Å². The van der Waals surface area contributed by atoms with E-state index >= 15 is 0 Å². The Kier molecular flexibility index (Phi) is 8.05. The lowest BCUT2D eigenvalue weighted by Crippen LogP contribution is -2.00.